The number of esters is 4. The molecule has 19 heteroatoms. The Kier molecular flexibility index (Phi) is 67.7. The molecule has 2 unspecified atom stereocenters. The first-order chi connectivity index (χ1) is 46.0. The number of rotatable bonds is 76. The van der Waals surface area contributed by atoms with Crippen LogP contribution in [0.4, 0.5) is 0 Å². The summed E-state index contributed by atoms with van der Waals surface area (Å²) in [6.45, 7) is 7.27. The van der Waals surface area contributed by atoms with E-state index in [9.17, 15) is 43.2 Å². The molecule has 95 heavy (non-hydrogen) atoms. The summed E-state index contributed by atoms with van der Waals surface area (Å²) in [5.74, 6) is -1.38. The van der Waals surface area contributed by atoms with Crippen molar-refractivity contribution < 1.29 is 80.2 Å². The zero-order valence-corrected chi connectivity index (χ0v) is 63.6. The van der Waals surface area contributed by atoms with Gasteiger partial charge in [0.15, 0.2) is 12.2 Å². The molecule has 0 saturated heterocycles. The van der Waals surface area contributed by atoms with Gasteiger partial charge in [0.1, 0.15) is 19.3 Å². The molecule has 0 rings (SSSR count). The number of aliphatic hydroxyl groups excluding tert-OH is 1. The van der Waals surface area contributed by atoms with Crippen LogP contribution in [0.1, 0.15) is 401 Å². The lowest BCUT2D eigenvalue weighted by molar-refractivity contribution is -0.161. The summed E-state index contributed by atoms with van der Waals surface area (Å²) in [6.07, 6.45) is 58.1. The summed E-state index contributed by atoms with van der Waals surface area (Å²) >= 11 is 0. The van der Waals surface area contributed by atoms with E-state index in [1.807, 2.05) is 0 Å². The SMILES string of the molecule is CCCCCCCCCCCCCCCCCCC(=O)OC[C@H](COP(=O)(O)OC[C@@H](O)COP(=O)(O)OC[C@@H](COC(=O)CCCCCCCCCCCCC)OC(=O)CCCCCCCCCCCC(C)C)OC(=O)CCCCCCCCCCCCCCCCCC. The predicted molar refractivity (Wildman–Crippen MR) is 386 cm³/mol. The third-order valence-electron chi connectivity index (χ3n) is 17.8. The molecule has 0 radical (unpaired) electrons. The molecule has 3 N–H and O–H groups in total. The first-order valence-electron chi connectivity index (χ1n) is 39.6. The van der Waals surface area contributed by atoms with Crippen LogP contribution >= 0.6 is 15.6 Å². The molecule has 5 atom stereocenters. The first-order valence-corrected chi connectivity index (χ1v) is 42.6. The molecule has 0 aliphatic rings. The van der Waals surface area contributed by atoms with Gasteiger partial charge in [0.05, 0.1) is 26.4 Å². The van der Waals surface area contributed by atoms with Crippen molar-refractivity contribution in [2.75, 3.05) is 39.6 Å². The minimum absolute atomic E-state index is 0.106. The molecular weight excluding hydrogens is 1250 g/mol. The zero-order valence-electron chi connectivity index (χ0n) is 61.8. The molecule has 0 aromatic rings. The van der Waals surface area contributed by atoms with Crippen molar-refractivity contribution in [2.45, 2.75) is 419 Å². The van der Waals surface area contributed by atoms with Crippen molar-refractivity contribution in [1.29, 1.82) is 0 Å². The van der Waals surface area contributed by atoms with Crippen molar-refractivity contribution in [3.8, 4) is 0 Å². The van der Waals surface area contributed by atoms with Crippen molar-refractivity contribution in [1.82, 2.24) is 0 Å². The molecule has 0 aromatic carbocycles. The average Bonchev–Trinajstić information content (AvgIpc) is 3.73. The Morgan fingerprint density at radius 2 is 0.484 bits per heavy atom. The Balaban J connectivity index is 5.25. The molecule has 0 aliphatic carbocycles. The Morgan fingerprint density at radius 1 is 0.284 bits per heavy atom. The number of aliphatic hydroxyl groups is 1. The Hall–Kier alpha value is -1.94. The van der Waals surface area contributed by atoms with Crippen LogP contribution in [0, 0.1) is 5.92 Å². The maximum Gasteiger partial charge on any atom is 0.472 e. The van der Waals surface area contributed by atoms with Gasteiger partial charge in [-0.25, -0.2) is 9.13 Å². The van der Waals surface area contributed by atoms with Crippen LogP contribution in [-0.2, 0) is 65.4 Å². The third kappa shape index (κ3) is 70.3. The molecular formula is C76H148O17P2. The van der Waals surface area contributed by atoms with Crippen LogP contribution < -0.4 is 0 Å². The van der Waals surface area contributed by atoms with Gasteiger partial charge < -0.3 is 33.8 Å². The molecule has 0 fully saturated rings. The van der Waals surface area contributed by atoms with Gasteiger partial charge in [-0.1, -0.05) is 349 Å². The normalized spacial score (nSPS) is 13.9. The number of carbonyl (C=O) groups excluding carboxylic acids is 4. The number of phosphoric ester groups is 2. The minimum Gasteiger partial charge on any atom is -0.462 e. The average molecular weight is 1400 g/mol. The summed E-state index contributed by atoms with van der Waals surface area (Å²) in [4.78, 5) is 72.8. The molecule has 0 bridgehead atoms. The fraction of sp³-hybridized carbons (Fsp3) is 0.947. The summed E-state index contributed by atoms with van der Waals surface area (Å²) in [7, 11) is -9.91. The van der Waals surface area contributed by atoms with Crippen molar-refractivity contribution >= 4 is 39.5 Å². The second-order valence-electron chi connectivity index (χ2n) is 27.9. The monoisotopic (exact) mass is 1400 g/mol. The fourth-order valence-corrected chi connectivity index (χ4v) is 13.3. The maximum atomic E-state index is 13.1. The fourth-order valence-electron chi connectivity index (χ4n) is 11.7. The minimum atomic E-state index is -4.96. The van der Waals surface area contributed by atoms with E-state index in [0.29, 0.717) is 25.7 Å². The summed E-state index contributed by atoms with van der Waals surface area (Å²) in [5.41, 5.74) is 0. The lowest BCUT2D eigenvalue weighted by atomic mass is 10.0. The highest BCUT2D eigenvalue weighted by Gasteiger charge is 2.30. The van der Waals surface area contributed by atoms with Crippen LogP contribution in [0.25, 0.3) is 0 Å². The van der Waals surface area contributed by atoms with Gasteiger partial charge in [0.2, 0.25) is 0 Å². The van der Waals surface area contributed by atoms with Crippen LogP contribution in [-0.4, -0.2) is 96.7 Å². The second kappa shape index (κ2) is 69.2. The van der Waals surface area contributed by atoms with E-state index in [-0.39, 0.29) is 25.7 Å². The highest BCUT2D eigenvalue weighted by Crippen LogP contribution is 2.45. The molecule has 0 saturated carbocycles. The Bertz CT molecular complexity index is 1820. The second-order valence-corrected chi connectivity index (χ2v) is 30.8. The summed E-state index contributed by atoms with van der Waals surface area (Å²) < 4.78 is 68.5. The zero-order chi connectivity index (χ0) is 69.8. The van der Waals surface area contributed by atoms with Gasteiger partial charge in [0, 0.05) is 25.7 Å². The third-order valence-corrected chi connectivity index (χ3v) is 19.7. The topological polar surface area (TPSA) is 237 Å². The van der Waals surface area contributed by atoms with E-state index in [4.69, 9.17) is 37.0 Å². The van der Waals surface area contributed by atoms with Crippen molar-refractivity contribution in [3.63, 3.8) is 0 Å². The lowest BCUT2D eigenvalue weighted by Crippen LogP contribution is -2.30. The molecule has 0 amide bonds. The van der Waals surface area contributed by atoms with Gasteiger partial charge in [0.25, 0.3) is 0 Å². The number of hydrogen-bond donors (Lipinski definition) is 3. The van der Waals surface area contributed by atoms with Gasteiger partial charge in [-0.05, 0) is 31.6 Å². The van der Waals surface area contributed by atoms with Gasteiger partial charge in [-0.15, -0.1) is 0 Å². The molecule has 0 aromatic heterocycles. The molecule has 564 valence electrons. The number of unbranched alkanes of at least 4 members (excludes halogenated alkanes) is 48. The van der Waals surface area contributed by atoms with Crippen molar-refractivity contribution in [3.05, 3.63) is 0 Å². The number of ether oxygens (including phenoxy) is 4. The predicted octanol–water partition coefficient (Wildman–Crippen LogP) is 22.5. The van der Waals surface area contributed by atoms with Gasteiger partial charge in [-0.3, -0.25) is 37.3 Å². The quantitative estimate of drug-likeness (QED) is 0.0222. The first kappa shape index (κ1) is 93.1. The maximum absolute atomic E-state index is 13.1. The van der Waals surface area contributed by atoms with E-state index in [1.54, 1.807) is 0 Å². The van der Waals surface area contributed by atoms with Crippen LogP contribution in [0.15, 0.2) is 0 Å². The van der Waals surface area contributed by atoms with E-state index in [1.165, 1.54) is 225 Å². The van der Waals surface area contributed by atoms with Gasteiger partial charge in [-0.2, -0.15) is 0 Å². The van der Waals surface area contributed by atoms with Crippen molar-refractivity contribution in [2.24, 2.45) is 5.92 Å². The van der Waals surface area contributed by atoms with E-state index in [0.717, 1.165) is 95.8 Å². The van der Waals surface area contributed by atoms with Crippen LogP contribution in [0.2, 0.25) is 0 Å². The number of hydrogen-bond acceptors (Lipinski definition) is 15. The molecule has 0 spiro atoms. The summed E-state index contributed by atoms with van der Waals surface area (Å²) in [6, 6.07) is 0. The Labute approximate surface area is 581 Å². The standard InChI is InChI=1S/C76H148O17P2/c1-6-9-12-15-18-21-24-26-28-30-32-35-40-45-50-55-60-74(79)87-65-71(92-75(80)61-56-51-46-41-36-33-31-29-27-25-22-19-16-13-10-7-2)67-90-94(82,83)88-63-70(77)64-89-95(84,85)91-68-72(66-86-73(78)59-54-49-44-39-34-23-20-17-14-11-8-3)93-76(81)62-57-52-47-42-37-38-43-48-53-58-69(4)5/h69-72,77H,6-68H2,1-5H3,(H,82,83)(H,84,85)/t70-,71-,72-/m1/s1. The van der Waals surface area contributed by atoms with E-state index >= 15 is 0 Å². The summed E-state index contributed by atoms with van der Waals surface area (Å²) in [5, 5.41) is 10.6. The van der Waals surface area contributed by atoms with E-state index in [2.05, 4.69) is 34.6 Å². The lowest BCUT2D eigenvalue weighted by Gasteiger charge is -2.21. The highest BCUT2D eigenvalue weighted by molar-refractivity contribution is 7.47. The smallest absolute Gasteiger partial charge is 0.462 e. The molecule has 17 nitrogen and oxygen atoms in total. The molecule has 0 aliphatic heterocycles. The highest BCUT2D eigenvalue weighted by atomic mass is 31.2. The van der Waals surface area contributed by atoms with Crippen LogP contribution in [0.5, 0.6) is 0 Å². The largest absolute Gasteiger partial charge is 0.472 e. The number of carbonyl (C=O) groups is 4. The van der Waals surface area contributed by atoms with E-state index < -0.39 is 97.5 Å². The van der Waals surface area contributed by atoms with Crippen LogP contribution in [0.3, 0.4) is 0 Å². The molecule has 0 heterocycles. The van der Waals surface area contributed by atoms with Gasteiger partial charge >= 0.3 is 39.5 Å². The number of phosphoric acid groups is 2. The Morgan fingerprint density at radius 3 is 0.716 bits per heavy atom.